The SMILES string of the molecule is O=S(=O)(c1ccccc1)N1C(c2ccccc2)O[C@@H]2Cc3ccccc3[C@H]21. The van der Waals surface area contributed by atoms with Gasteiger partial charge in [0, 0.05) is 6.42 Å². The minimum absolute atomic E-state index is 0.175. The smallest absolute Gasteiger partial charge is 0.246 e. The molecule has 3 aromatic carbocycles. The summed E-state index contributed by atoms with van der Waals surface area (Å²) in [5, 5.41) is 0. The maximum absolute atomic E-state index is 13.6. The van der Waals surface area contributed by atoms with Crippen LogP contribution in [0.3, 0.4) is 0 Å². The molecule has 3 atom stereocenters. The van der Waals surface area contributed by atoms with Gasteiger partial charge in [-0.05, 0) is 28.8 Å². The zero-order chi connectivity index (χ0) is 18.4. The Labute approximate surface area is 159 Å². The molecule has 0 aromatic heterocycles. The number of fused-ring (bicyclic) bond motifs is 3. The molecule has 1 aliphatic carbocycles. The molecule has 2 aliphatic rings. The van der Waals surface area contributed by atoms with Gasteiger partial charge in [-0.2, -0.15) is 4.31 Å². The monoisotopic (exact) mass is 377 g/mol. The van der Waals surface area contributed by atoms with Crippen LogP contribution in [0, 0.1) is 0 Å². The van der Waals surface area contributed by atoms with Crippen molar-refractivity contribution in [2.75, 3.05) is 0 Å². The minimum atomic E-state index is -3.72. The van der Waals surface area contributed by atoms with E-state index in [1.807, 2.05) is 54.6 Å². The second-order valence-corrected chi connectivity index (χ2v) is 8.78. The molecule has 4 nitrogen and oxygen atoms in total. The maximum Gasteiger partial charge on any atom is 0.246 e. The largest absolute Gasteiger partial charge is 0.352 e. The number of hydrogen-bond donors (Lipinski definition) is 0. The Balaban J connectivity index is 1.67. The van der Waals surface area contributed by atoms with Gasteiger partial charge in [0.1, 0.15) is 0 Å². The van der Waals surface area contributed by atoms with Crippen LogP contribution >= 0.6 is 0 Å². The second kappa shape index (κ2) is 6.30. The molecular weight excluding hydrogens is 358 g/mol. The van der Waals surface area contributed by atoms with E-state index in [-0.39, 0.29) is 12.1 Å². The fourth-order valence-corrected chi connectivity index (χ4v) is 5.88. The lowest BCUT2D eigenvalue weighted by Gasteiger charge is -2.27. The van der Waals surface area contributed by atoms with Crippen LogP contribution in [0.15, 0.2) is 89.8 Å². The first-order chi connectivity index (χ1) is 13.2. The Bertz CT molecular complexity index is 1070. The molecule has 5 heteroatoms. The van der Waals surface area contributed by atoms with Crippen molar-refractivity contribution in [2.45, 2.75) is 29.7 Å². The van der Waals surface area contributed by atoms with E-state index in [2.05, 4.69) is 6.07 Å². The van der Waals surface area contributed by atoms with Crippen molar-refractivity contribution >= 4 is 10.0 Å². The summed E-state index contributed by atoms with van der Waals surface area (Å²) in [7, 11) is -3.72. The van der Waals surface area contributed by atoms with Gasteiger partial charge < -0.3 is 4.74 Å². The second-order valence-electron chi connectivity index (χ2n) is 6.93. The van der Waals surface area contributed by atoms with E-state index in [9.17, 15) is 8.42 Å². The lowest BCUT2D eigenvalue weighted by Crippen LogP contribution is -2.34. The van der Waals surface area contributed by atoms with Gasteiger partial charge in [0.15, 0.2) is 6.23 Å². The van der Waals surface area contributed by atoms with Crippen molar-refractivity contribution < 1.29 is 13.2 Å². The summed E-state index contributed by atoms with van der Waals surface area (Å²) in [6, 6.07) is 25.9. The summed E-state index contributed by atoms with van der Waals surface area (Å²) < 4.78 is 35.1. The van der Waals surface area contributed by atoms with Crippen LogP contribution < -0.4 is 0 Å². The number of hydrogen-bond acceptors (Lipinski definition) is 3. The lowest BCUT2D eigenvalue weighted by atomic mass is 10.1. The first-order valence-corrected chi connectivity index (χ1v) is 10.5. The Kier molecular flexibility index (Phi) is 3.90. The van der Waals surface area contributed by atoms with Gasteiger partial charge >= 0.3 is 0 Å². The third kappa shape index (κ3) is 2.62. The Morgan fingerprint density at radius 2 is 1.44 bits per heavy atom. The molecule has 3 aromatic rings. The molecule has 136 valence electrons. The zero-order valence-electron chi connectivity index (χ0n) is 14.6. The summed E-state index contributed by atoms with van der Waals surface area (Å²) in [6.07, 6.45) is -0.0730. The van der Waals surface area contributed by atoms with Crippen LogP contribution in [-0.2, 0) is 21.2 Å². The molecule has 1 unspecified atom stereocenters. The maximum atomic E-state index is 13.6. The van der Waals surface area contributed by atoms with Gasteiger partial charge in [-0.1, -0.05) is 72.8 Å². The van der Waals surface area contributed by atoms with E-state index in [1.54, 1.807) is 28.6 Å². The average Bonchev–Trinajstić information content (AvgIpc) is 3.25. The highest BCUT2D eigenvalue weighted by molar-refractivity contribution is 7.89. The van der Waals surface area contributed by atoms with Crippen molar-refractivity contribution in [2.24, 2.45) is 0 Å². The molecule has 0 N–H and O–H groups in total. The summed E-state index contributed by atoms with van der Waals surface area (Å²) in [4.78, 5) is 0.291. The summed E-state index contributed by atoms with van der Waals surface area (Å²) in [5.41, 5.74) is 3.05. The normalized spacial score (nSPS) is 24.5. The summed E-state index contributed by atoms with van der Waals surface area (Å²) >= 11 is 0. The molecule has 27 heavy (non-hydrogen) atoms. The zero-order valence-corrected chi connectivity index (χ0v) is 15.4. The van der Waals surface area contributed by atoms with Gasteiger partial charge in [0.2, 0.25) is 10.0 Å². The van der Waals surface area contributed by atoms with Gasteiger partial charge in [0.25, 0.3) is 0 Å². The molecule has 0 bridgehead atoms. The number of benzene rings is 3. The molecule has 1 fully saturated rings. The predicted molar refractivity (Wildman–Crippen MR) is 102 cm³/mol. The van der Waals surface area contributed by atoms with E-state index in [4.69, 9.17) is 4.74 Å². The Hall–Kier alpha value is -2.47. The Morgan fingerprint density at radius 1 is 0.815 bits per heavy atom. The van der Waals surface area contributed by atoms with E-state index in [0.717, 1.165) is 23.1 Å². The molecule has 0 radical (unpaired) electrons. The Morgan fingerprint density at radius 3 is 2.19 bits per heavy atom. The lowest BCUT2D eigenvalue weighted by molar-refractivity contribution is 0.0217. The molecular formula is C22H19NO3S. The predicted octanol–water partition coefficient (Wildman–Crippen LogP) is 4.07. The van der Waals surface area contributed by atoms with Gasteiger partial charge in [0.05, 0.1) is 17.0 Å². The molecule has 1 heterocycles. The number of nitrogens with zero attached hydrogens (tertiary/aromatic N) is 1. The van der Waals surface area contributed by atoms with Gasteiger partial charge in [-0.25, -0.2) is 8.42 Å². The summed E-state index contributed by atoms with van der Waals surface area (Å²) in [6.45, 7) is 0. The van der Waals surface area contributed by atoms with E-state index >= 15 is 0 Å². The van der Waals surface area contributed by atoms with Crippen molar-refractivity contribution in [1.29, 1.82) is 0 Å². The van der Waals surface area contributed by atoms with Crippen LogP contribution in [0.25, 0.3) is 0 Å². The van der Waals surface area contributed by atoms with E-state index < -0.39 is 16.3 Å². The molecule has 0 spiro atoms. The first-order valence-electron chi connectivity index (χ1n) is 9.03. The van der Waals surface area contributed by atoms with Crippen molar-refractivity contribution in [3.05, 3.63) is 102 Å². The van der Waals surface area contributed by atoms with Crippen LogP contribution in [0.4, 0.5) is 0 Å². The third-order valence-electron chi connectivity index (χ3n) is 5.36. The minimum Gasteiger partial charge on any atom is -0.352 e. The highest BCUT2D eigenvalue weighted by Crippen LogP contribution is 2.51. The van der Waals surface area contributed by atoms with Crippen LogP contribution in [0.2, 0.25) is 0 Å². The fraction of sp³-hybridized carbons (Fsp3) is 0.182. The van der Waals surface area contributed by atoms with Gasteiger partial charge in [-0.3, -0.25) is 0 Å². The van der Waals surface area contributed by atoms with Crippen molar-refractivity contribution in [3.63, 3.8) is 0 Å². The molecule has 5 rings (SSSR count). The molecule has 1 aliphatic heterocycles. The fourth-order valence-electron chi connectivity index (χ4n) is 4.17. The highest BCUT2D eigenvalue weighted by atomic mass is 32.2. The van der Waals surface area contributed by atoms with Crippen LogP contribution in [0.1, 0.15) is 29.0 Å². The van der Waals surface area contributed by atoms with E-state index in [1.165, 1.54) is 0 Å². The molecule has 0 amide bonds. The average molecular weight is 377 g/mol. The molecule has 1 saturated heterocycles. The van der Waals surface area contributed by atoms with Gasteiger partial charge in [-0.15, -0.1) is 0 Å². The third-order valence-corrected chi connectivity index (χ3v) is 7.20. The van der Waals surface area contributed by atoms with Crippen LogP contribution in [-0.4, -0.2) is 18.8 Å². The van der Waals surface area contributed by atoms with E-state index in [0.29, 0.717) is 4.90 Å². The summed E-state index contributed by atoms with van der Waals surface area (Å²) in [5.74, 6) is 0. The standard InChI is InChI=1S/C22H19NO3S/c24-27(25,18-12-5-2-6-13-18)23-21-19-14-8-7-11-17(19)15-20(21)26-22(23)16-9-3-1-4-10-16/h1-14,20-22H,15H2/t20-,21-,22?/m1/s1. The van der Waals surface area contributed by atoms with Crippen molar-refractivity contribution in [3.8, 4) is 0 Å². The number of ether oxygens (including phenoxy) is 1. The number of rotatable bonds is 3. The topological polar surface area (TPSA) is 46.6 Å². The van der Waals surface area contributed by atoms with Crippen LogP contribution in [0.5, 0.6) is 0 Å². The van der Waals surface area contributed by atoms with Crippen molar-refractivity contribution in [1.82, 2.24) is 4.31 Å². The molecule has 0 saturated carbocycles. The highest BCUT2D eigenvalue weighted by Gasteiger charge is 2.53. The first kappa shape index (κ1) is 16.7. The number of sulfonamides is 1. The quantitative estimate of drug-likeness (QED) is 0.691.